The van der Waals surface area contributed by atoms with E-state index in [1.807, 2.05) is 0 Å². The molecule has 23 heavy (non-hydrogen) atoms. The fourth-order valence-corrected chi connectivity index (χ4v) is 2.11. The van der Waals surface area contributed by atoms with Crippen LogP contribution in [-0.4, -0.2) is 27.8 Å². The molecule has 0 spiro atoms. The van der Waals surface area contributed by atoms with E-state index in [-0.39, 0.29) is 0 Å². The Hall–Kier alpha value is -2.64. The predicted octanol–water partition coefficient (Wildman–Crippen LogP) is 2.83. The van der Waals surface area contributed by atoms with Crippen molar-refractivity contribution >= 4 is 12.1 Å². The highest BCUT2D eigenvalue weighted by Crippen LogP contribution is 2.22. The van der Waals surface area contributed by atoms with Gasteiger partial charge in [-0.2, -0.15) is 18.3 Å². The summed E-state index contributed by atoms with van der Waals surface area (Å²) in [5, 5.41) is 3.79. The first-order chi connectivity index (χ1) is 10.8. The minimum Gasteiger partial charge on any atom is -0.339 e. The maximum atomic E-state index is 12.5. The van der Waals surface area contributed by atoms with E-state index in [0.717, 1.165) is 4.57 Å². The van der Waals surface area contributed by atoms with Crippen LogP contribution < -0.4 is 5.43 Å². The first kappa shape index (κ1) is 16.7. The summed E-state index contributed by atoms with van der Waals surface area (Å²) >= 11 is 0. The largest absolute Gasteiger partial charge is 0.406 e. The molecule has 1 N–H and O–H groups in total. The molecule has 0 unspecified atom stereocenters. The van der Waals surface area contributed by atoms with Gasteiger partial charge in [-0.1, -0.05) is 0 Å². The van der Waals surface area contributed by atoms with Crippen LogP contribution in [0.4, 0.5) is 13.2 Å². The Morgan fingerprint density at radius 2 is 2.00 bits per heavy atom. The van der Waals surface area contributed by atoms with E-state index in [1.165, 1.54) is 30.7 Å². The van der Waals surface area contributed by atoms with Crippen molar-refractivity contribution in [3.05, 3.63) is 53.1 Å². The molecule has 2 aromatic rings. The number of amides is 1. The topological polar surface area (TPSA) is 59.3 Å². The van der Waals surface area contributed by atoms with E-state index in [1.54, 1.807) is 19.9 Å². The first-order valence-corrected chi connectivity index (χ1v) is 6.75. The highest BCUT2D eigenvalue weighted by Gasteiger charge is 2.29. The number of halogens is 3. The molecule has 2 rings (SSSR count). The van der Waals surface area contributed by atoms with Crippen LogP contribution in [0.3, 0.4) is 0 Å². The molecule has 8 heteroatoms. The van der Waals surface area contributed by atoms with Crippen LogP contribution >= 0.6 is 0 Å². The summed E-state index contributed by atoms with van der Waals surface area (Å²) in [5.41, 5.74) is 4.13. The number of rotatable bonds is 4. The van der Waals surface area contributed by atoms with Gasteiger partial charge in [0.1, 0.15) is 6.54 Å². The molecule has 1 amide bonds. The summed E-state index contributed by atoms with van der Waals surface area (Å²) in [6.45, 7) is 2.11. The van der Waals surface area contributed by atoms with Crippen molar-refractivity contribution in [2.75, 3.05) is 0 Å². The molecule has 0 aliphatic heterocycles. The zero-order valence-corrected chi connectivity index (χ0v) is 12.6. The third-order valence-corrected chi connectivity index (χ3v) is 3.26. The van der Waals surface area contributed by atoms with Crippen LogP contribution in [0.5, 0.6) is 0 Å². The molecule has 2 heterocycles. The average Bonchev–Trinajstić information content (AvgIpc) is 2.74. The maximum absolute atomic E-state index is 12.5. The van der Waals surface area contributed by atoms with Crippen molar-refractivity contribution < 1.29 is 18.0 Å². The number of aryl methyl sites for hydroxylation is 1. The maximum Gasteiger partial charge on any atom is 0.406 e. The quantitative estimate of drug-likeness (QED) is 0.694. The fourth-order valence-electron chi connectivity index (χ4n) is 2.11. The Morgan fingerprint density at radius 3 is 2.61 bits per heavy atom. The van der Waals surface area contributed by atoms with Gasteiger partial charge < -0.3 is 4.57 Å². The lowest BCUT2D eigenvalue weighted by atomic mass is 10.2. The molecule has 0 bridgehead atoms. The number of nitrogens with one attached hydrogen (secondary N) is 1. The molecule has 0 saturated carbocycles. The smallest absolute Gasteiger partial charge is 0.339 e. The number of hydrogen-bond donors (Lipinski definition) is 1. The van der Waals surface area contributed by atoms with Crippen LogP contribution in [0.15, 0.2) is 35.7 Å². The van der Waals surface area contributed by atoms with Crippen molar-refractivity contribution in [3.8, 4) is 0 Å². The summed E-state index contributed by atoms with van der Waals surface area (Å²) in [5.74, 6) is -0.423. The van der Waals surface area contributed by atoms with Gasteiger partial charge in [0.2, 0.25) is 0 Å². The molecular formula is C15H15F3N4O. The molecule has 0 fully saturated rings. The molecule has 122 valence electrons. The second-order valence-corrected chi connectivity index (χ2v) is 4.96. The van der Waals surface area contributed by atoms with Crippen molar-refractivity contribution in [3.63, 3.8) is 0 Å². The molecule has 0 radical (unpaired) electrons. The summed E-state index contributed by atoms with van der Waals surface area (Å²) in [6, 6.07) is 4.64. The van der Waals surface area contributed by atoms with E-state index >= 15 is 0 Å². The number of hydrazone groups is 1. The molecular weight excluding hydrogens is 309 g/mol. The highest BCUT2D eigenvalue weighted by atomic mass is 19.4. The number of carbonyl (C=O) groups excluding carboxylic acids is 1. The van der Waals surface area contributed by atoms with E-state index in [0.29, 0.717) is 22.5 Å². The summed E-state index contributed by atoms with van der Waals surface area (Å²) < 4.78 is 38.8. The highest BCUT2D eigenvalue weighted by molar-refractivity contribution is 5.94. The van der Waals surface area contributed by atoms with Gasteiger partial charge >= 0.3 is 6.18 Å². The van der Waals surface area contributed by atoms with E-state index < -0.39 is 18.6 Å². The van der Waals surface area contributed by atoms with Crippen molar-refractivity contribution in [2.45, 2.75) is 26.6 Å². The summed E-state index contributed by atoms with van der Waals surface area (Å²) in [6.07, 6.45) is -0.0143. The fraction of sp³-hybridized carbons (Fsp3) is 0.267. The summed E-state index contributed by atoms with van der Waals surface area (Å²) in [4.78, 5) is 15.6. The predicted molar refractivity (Wildman–Crippen MR) is 79.3 cm³/mol. The van der Waals surface area contributed by atoms with Crippen LogP contribution in [0.2, 0.25) is 0 Å². The van der Waals surface area contributed by atoms with E-state index in [2.05, 4.69) is 15.5 Å². The molecule has 0 atom stereocenters. The molecule has 5 nitrogen and oxygen atoms in total. The third-order valence-electron chi connectivity index (χ3n) is 3.26. The molecule has 0 aliphatic rings. The minimum atomic E-state index is -4.29. The van der Waals surface area contributed by atoms with Gasteiger partial charge in [0, 0.05) is 34.9 Å². The number of carbonyl (C=O) groups is 1. The van der Waals surface area contributed by atoms with Crippen molar-refractivity contribution in [1.82, 2.24) is 15.0 Å². The first-order valence-electron chi connectivity index (χ1n) is 6.75. The number of pyridine rings is 1. The number of aromatic nitrogens is 2. The third kappa shape index (κ3) is 4.41. The van der Waals surface area contributed by atoms with Gasteiger partial charge in [-0.05, 0) is 32.0 Å². The second kappa shape index (κ2) is 6.64. The van der Waals surface area contributed by atoms with Crippen LogP contribution in [-0.2, 0) is 6.54 Å². The molecule has 0 aliphatic carbocycles. The average molecular weight is 324 g/mol. The lowest BCUT2D eigenvalue weighted by Gasteiger charge is -2.12. The Balaban J connectivity index is 2.09. The number of nitrogens with zero attached hydrogens (tertiary/aromatic N) is 3. The van der Waals surface area contributed by atoms with Crippen LogP contribution in [0.25, 0.3) is 0 Å². The SMILES string of the molecule is Cc1cc(/C=N/NC(=O)c2ccncc2)c(C)n1CC(F)(F)F. The molecule has 2 aromatic heterocycles. The summed E-state index contributed by atoms with van der Waals surface area (Å²) in [7, 11) is 0. The van der Waals surface area contributed by atoms with E-state index in [9.17, 15) is 18.0 Å². The monoisotopic (exact) mass is 324 g/mol. The van der Waals surface area contributed by atoms with Gasteiger partial charge in [0.05, 0.1) is 6.21 Å². The number of hydrogen-bond acceptors (Lipinski definition) is 3. The second-order valence-electron chi connectivity index (χ2n) is 4.96. The lowest BCUT2D eigenvalue weighted by Crippen LogP contribution is -2.19. The Labute approximate surface area is 130 Å². The van der Waals surface area contributed by atoms with Crippen LogP contribution in [0, 0.1) is 13.8 Å². The minimum absolute atomic E-state index is 0.389. The lowest BCUT2D eigenvalue weighted by molar-refractivity contribution is -0.141. The zero-order valence-electron chi connectivity index (χ0n) is 12.6. The van der Waals surface area contributed by atoms with Gasteiger partial charge in [0.15, 0.2) is 0 Å². The van der Waals surface area contributed by atoms with Gasteiger partial charge in [-0.15, -0.1) is 0 Å². The Morgan fingerprint density at radius 1 is 1.35 bits per heavy atom. The van der Waals surface area contributed by atoms with Crippen molar-refractivity contribution in [2.24, 2.45) is 5.10 Å². The van der Waals surface area contributed by atoms with Gasteiger partial charge in [-0.3, -0.25) is 9.78 Å². The van der Waals surface area contributed by atoms with Crippen molar-refractivity contribution in [1.29, 1.82) is 0 Å². The zero-order chi connectivity index (χ0) is 17.0. The standard InChI is InChI=1S/C15H15F3N4O/c1-10-7-13(11(2)22(10)9-15(16,17)18)8-20-21-14(23)12-3-5-19-6-4-12/h3-8H,9H2,1-2H3,(H,21,23)/b20-8+. The van der Waals surface area contributed by atoms with E-state index in [4.69, 9.17) is 0 Å². The molecule has 0 saturated heterocycles. The van der Waals surface area contributed by atoms with Gasteiger partial charge in [-0.25, -0.2) is 5.43 Å². The van der Waals surface area contributed by atoms with Crippen LogP contribution in [0.1, 0.15) is 27.3 Å². The Bertz CT molecular complexity index is 720. The number of alkyl halides is 3. The Kier molecular flexibility index (Phi) is 4.83. The molecule has 0 aromatic carbocycles. The normalized spacial score (nSPS) is 11.9. The van der Waals surface area contributed by atoms with Gasteiger partial charge in [0.25, 0.3) is 5.91 Å².